The van der Waals surface area contributed by atoms with Gasteiger partial charge in [-0.25, -0.2) is 0 Å². The minimum absolute atomic E-state index is 0.586. The zero-order valence-corrected chi connectivity index (χ0v) is 11.4. The van der Waals surface area contributed by atoms with E-state index in [2.05, 4.69) is 60.7 Å². The molecule has 1 unspecified atom stereocenters. The van der Waals surface area contributed by atoms with Gasteiger partial charge in [-0.2, -0.15) is 0 Å². The molecule has 0 N–H and O–H groups in total. The molecule has 1 atom stereocenters. The Morgan fingerprint density at radius 2 is 2.07 bits per heavy atom. The van der Waals surface area contributed by atoms with Crippen molar-refractivity contribution in [3.05, 3.63) is 27.7 Å². The van der Waals surface area contributed by atoms with Crippen molar-refractivity contribution in [1.82, 2.24) is 0 Å². The first-order valence-corrected chi connectivity index (χ1v) is 6.36. The maximum Gasteiger partial charge on any atom is 0.0418 e. The fraction of sp³-hybridized carbons (Fsp3) is 0.538. The number of rotatable bonds is 1. The lowest BCUT2D eigenvalue weighted by molar-refractivity contribution is 0.669. The maximum atomic E-state index is 3.69. The molecule has 1 aliphatic heterocycles. The van der Waals surface area contributed by atoms with Crippen LogP contribution in [-0.2, 0) is 0 Å². The van der Waals surface area contributed by atoms with E-state index in [4.69, 9.17) is 0 Å². The highest BCUT2D eigenvalue weighted by molar-refractivity contribution is 9.10. The molecule has 1 aromatic carbocycles. The predicted octanol–water partition coefficient (Wildman–Crippen LogP) is 4.09. The van der Waals surface area contributed by atoms with E-state index in [1.165, 1.54) is 21.3 Å². The Bertz CT molecular complexity index is 384. The molecule has 0 saturated carbocycles. The summed E-state index contributed by atoms with van der Waals surface area (Å²) in [7, 11) is 0. The maximum absolute atomic E-state index is 3.69. The molecule has 0 amide bonds. The van der Waals surface area contributed by atoms with Crippen LogP contribution in [0.15, 0.2) is 16.6 Å². The lowest BCUT2D eigenvalue weighted by Crippen LogP contribution is -2.29. The van der Waals surface area contributed by atoms with Crippen molar-refractivity contribution in [2.45, 2.75) is 39.7 Å². The molecule has 0 bridgehead atoms. The third-order valence-electron chi connectivity index (χ3n) is 3.15. The van der Waals surface area contributed by atoms with Gasteiger partial charge in [-0.15, -0.1) is 0 Å². The molecule has 1 heterocycles. The van der Waals surface area contributed by atoms with Gasteiger partial charge >= 0.3 is 0 Å². The number of fused-ring (bicyclic) bond motifs is 1. The summed E-state index contributed by atoms with van der Waals surface area (Å²) in [6.45, 7) is 10.1. The van der Waals surface area contributed by atoms with Gasteiger partial charge in [0.05, 0.1) is 0 Å². The third-order valence-corrected chi connectivity index (χ3v) is 3.80. The van der Waals surface area contributed by atoms with Gasteiger partial charge in [0.1, 0.15) is 0 Å². The van der Waals surface area contributed by atoms with Crippen molar-refractivity contribution < 1.29 is 0 Å². The fourth-order valence-electron chi connectivity index (χ4n) is 2.43. The molecule has 82 valence electrons. The zero-order valence-electron chi connectivity index (χ0n) is 9.84. The summed E-state index contributed by atoms with van der Waals surface area (Å²) in [6.07, 6.45) is 0. The van der Waals surface area contributed by atoms with Gasteiger partial charge in [-0.05, 0) is 44.0 Å². The second-order valence-corrected chi connectivity index (χ2v) is 5.68. The van der Waals surface area contributed by atoms with Gasteiger partial charge in [-0.1, -0.05) is 22.9 Å². The zero-order chi connectivity index (χ0) is 11.2. The van der Waals surface area contributed by atoms with Crippen LogP contribution in [0.5, 0.6) is 0 Å². The largest absolute Gasteiger partial charge is 0.368 e. The van der Waals surface area contributed by atoms with E-state index in [-0.39, 0.29) is 0 Å². The number of hydrogen-bond acceptors (Lipinski definition) is 1. The first-order chi connectivity index (χ1) is 7.00. The predicted molar refractivity (Wildman–Crippen MR) is 69.8 cm³/mol. The summed E-state index contributed by atoms with van der Waals surface area (Å²) in [5.74, 6) is 0.636. The van der Waals surface area contributed by atoms with E-state index in [9.17, 15) is 0 Å². The van der Waals surface area contributed by atoms with Crippen LogP contribution in [0.3, 0.4) is 0 Å². The van der Waals surface area contributed by atoms with Crippen molar-refractivity contribution in [2.75, 3.05) is 11.4 Å². The SMILES string of the molecule is Cc1cc(Br)c2c(c1)N(C(C)C)CC2C. The monoisotopic (exact) mass is 267 g/mol. The molecule has 15 heavy (non-hydrogen) atoms. The van der Waals surface area contributed by atoms with E-state index in [1.54, 1.807) is 0 Å². The molecule has 1 aliphatic rings. The molecule has 0 fully saturated rings. The smallest absolute Gasteiger partial charge is 0.0418 e. The Hall–Kier alpha value is -0.500. The molecule has 0 spiro atoms. The summed E-state index contributed by atoms with van der Waals surface area (Å²) >= 11 is 3.69. The quantitative estimate of drug-likeness (QED) is 0.741. The lowest BCUT2D eigenvalue weighted by atomic mass is 10.0. The average molecular weight is 268 g/mol. The number of halogens is 1. The van der Waals surface area contributed by atoms with Gasteiger partial charge < -0.3 is 4.90 Å². The second-order valence-electron chi connectivity index (χ2n) is 4.83. The minimum atomic E-state index is 0.586. The van der Waals surface area contributed by atoms with E-state index >= 15 is 0 Å². The molecule has 0 aliphatic carbocycles. The summed E-state index contributed by atoms with van der Waals surface area (Å²) in [5, 5.41) is 0. The number of aryl methyl sites for hydroxylation is 1. The molecule has 0 radical (unpaired) electrons. The number of anilines is 1. The summed E-state index contributed by atoms with van der Waals surface area (Å²) in [5.41, 5.74) is 4.24. The van der Waals surface area contributed by atoms with Crippen LogP contribution in [-0.4, -0.2) is 12.6 Å². The Morgan fingerprint density at radius 1 is 1.40 bits per heavy atom. The van der Waals surface area contributed by atoms with E-state index in [0.29, 0.717) is 12.0 Å². The summed E-state index contributed by atoms with van der Waals surface area (Å²) in [4.78, 5) is 2.50. The van der Waals surface area contributed by atoms with Gasteiger partial charge in [0.25, 0.3) is 0 Å². The van der Waals surface area contributed by atoms with Crippen LogP contribution in [0, 0.1) is 6.92 Å². The van der Waals surface area contributed by atoms with Crippen LogP contribution < -0.4 is 4.90 Å². The Labute approximate surface area is 101 Å². The Balaban J connectivity index is 2.55. The van der Waals surface area contributed by atoms with Crippen molar-refractivity contribution in [2.24, 2.45) is 0 Å². The first-order valence-electron chi connectivity index (χ1n) is 5.57. The number of benzene rings is 1. The van der Waals surface area contributed by atoms with Crippen molar-refractivity contribution in [1.29, 1.82) is 0 Å². The van der Waals surface area contributed by atoms with Crippen LogP contribution >= 0.6 is 15.9 Å². The molecular weight excluding hydrogens is 250 g/mol. The standard InChI is InChI=1S/C13H18BrN/c1-8(2)15-7-10(4)13-11(14)5-9(3)6-12(13)15/h5-6,8,10H,7H2,1-4H3. The van der Waals surface area contributed by atoms with Gasteiger partial charge in [-0.3, -0.25) is 0 Å². The van der Waals surface area contributed by atoms with Crippen LogP contribution in [0.4, 0.5) is 5.69 Å². The van der Waals surface area contributed by atoms with Crippen molar-refractivity contribution in [3.63, 3.8) is 0 Å². The minimum Gasteiger partial charge on any atom is -0.368 e. The number of hydrogen-bond donors (Lipinski definition) is 0. The highest BCUT2D eigenvalue weighted by Gasteiger charge is 2.28. The molecule has 1 aromatic rings. The lowest BCUT2D eigenvalue weighted by Gasteiger charge is -2.24. The highest BCUT2D eigenvalue weighted by Crippen LogP contribution is 2.42. The first kappa shape index (κ1) is 11.0. The summed E-state index contributed by atoms with van der Waals surface area (Å²) in [6, 6.07) is 5.12. The second kappa shape index (κ2) is 3.82. The molecule has 0 saturated heterocycles. The van der Waals surface area contributed by atoms with Crippen LogP contribution in [0.25, 0.3) is 0 Å². The van der Waals surface area contributed by atoms with Crippen molar-refractivity contribution >= 4 is 21.6 Å². The van der Waals surface area contributed by atoms with E-state index in [1.807, 2.05) is 0 Å². The highest BCUT2D eigenvalue weighted by atomic mass is 79.9. The third kappa shape index (κ3) is 1.80. The normalized spacial score (nSPS) is 19.9. The molecular formula is C13H18BrN. The van der Waals surface area contributed by atoms with E-state index in [0.717, 1.165) is 6.54 Å². The van der Waals surface area contributed by atoms with Crippen LogP contribution in [0.1, 0.15) is 37.8 Å². The Kier molecular flexibility index (Phi) is 2.80. The van der Waals surface area contributed by atoms with E-state index < -0.39 is 0 Å². The Morgan fingerprint density at radius 3 is 2.67 bits per heavy atom. The van der Waals surface area contributed by atoms with Crippen molar-refractivity contribution in [3.8, 4) is 0 Å². The molecule has 1 nitrogen and oxygen atoms in total. The average Bonchev–Trinajstić information content (AvgIpc) is 2.42. The van der Waals surface area contributed by atoms with Gasteiger partial charge in [0.15, 0.2) is 0 Å². The summed E-state index contributed by atoms with van der Waals surface area (Å²) < 4.78 is 1.27. The molecule has 0 aromatic heterocycles. The van der Waals surface area contributed by atoms with Gasteiger partial charge in [0.2, 0.25) is 0 Å². The fourth-order valence-corrected chi connectivity index (χ4v) is 3.39. The topological polar surface area (TPSA) is 3.24 Å². The number of nitrogens with zero attached hydrogens (tertiary/aromatic N) is 1. The molecule has 2 heteroatoms. The molecule has 2 rings (SSSR count). The van der Waals surface area contributed by atoms with Crippen LogP contribution in [0.2, 0.25) is 0 Å². The van der Waals surface area contributed by atoms with Gasteiger partial charge in [0, 0.05) is 28.7 Å².